The highest BCUT2D eigenvalue weighted by atomic mass is 16.5. The normalized spacial score (nSPS) is 46.3. The van der Waals surface area contributed by atoms with Crippen molar-refractivity contribution in [2.45, 2.75) is 77.1 Å². The molecule has 110 valence electrons. The molecule has 0 spiro atoms. The van der Waals surface area contributed by atoms with E-state index in [0.717, 1.165) is 18.7 Å². The Morgan fingerprint density at radius 3 is 2.84 bits per heavy atom. The maximum Gasteiger partial charge on any atom is 0.0658 e. The van der Waals surface area contributed by atoms with Crippen molar-refractivity contribution in [1.82, 2.24) is 10.2 Å². The lowest BCUT2D eigenvalue weighted by molar-refractivity contribution is -0.128. The Bertz CT molecular complexity index is 322. The lowest BCUT2D eigenvalue weighted by Gasteiger charge is -2.54. The molecule has 2 saturated heterocycles. The smallest absolute Gasteiger partial charge is 0.0658 e. The topological polar surface area (TPSA) is 24.5 Å². The van der Waals surface area contributed by atoms with Crippen molar-refractivity contribution in [3.05, 3.63) is 0 Å². The summed E-state index contributed by atoms with van der Waals surface area (Å²) in [5, 5.41) is 3.99. The zero-order valence-electron chi connectivity index (χ0n) is 12.8. The minimum Gasteiger partial charge on any atom is -0.378 e. The van der Waals surface area contributed by atoms with Gasteiger partial charge in [-0.1, -0.05) is 13.8 Å². The summed E-state index contributed by atoms with van der Waals surface area (Å²) >= 11 is 0. The van der Waals surface area contributed by atoms with Crippen LogP contribution in [0.4, 0.5) is 0 Å². The van der Waals surface area contributed by atoms with Crippen molar-refractivity contribution in [3.63, 3.8) is 0 Å². The van der Waals surface area contributed by atoms with Gasteiger partial charge in [-0.15, -0.1) is 0 Å². The fourth-order valence-corrected chi connectivity index (χ4v) is 4.54. The van der Waals surface area contributed by atoms with Gasteiger partial charge in [-0.3, -0.25) is 4.90 Å². The molecule has 0 aromatic heterocycles. The summed E-state index contributed by atoms with van der Waals surface area (Å²) in [6.45, 7) is 10.3. The second-order valence-corrected chi connectivity index (χ2v) is 6.90. The van der Waals surface area contributed by atoms with Gasteiger partial charge in [0.1, 0.15) is 0 Å². The van der Waals surface area contributed by atoms with Gasteiger partial charge >= 0.3 is 0 Å². The van der Waals surface area contributed by atoms with Crippen LogP contribution in [0.5, 0.6) is 0 Å². The zero-order chi connectivity index (χ0) is 13.5. The van der Waals surface area contributed by atoms with Crippen LogP contribution >= 0.6 is 0 Å². The summed E-state index contributed by atoms with van der Waals surface area (Å²) in [5.41, 5.74) is 0.349. The first-order valence-corrected chi connectivity index (χ1v) is 8.30. The third-order valence-electron chi connectivity index (χ3n) is 6.13. The van der Waals surface area contributed by atoms with E-state index in [1.165, 1.54) is 45.2 Å². The molecule has 3 aliphatic rings. The highest BCUT2D eigenvalue weighted by Crippen LogP contribution is 2.46. The van der Waals surface area contributed by atoms with Crippen LogP contribution in [0.15, 0.2) is 0 Å². The predicted molar refractivity (Wildman–Crippen MR) is 78.4 cm³/mol. The molecule has 0 bridgehead atoms. The molecule has 1 N–H and O–H groups in total. The van der Waals surface area contributed by atoms with Crippen LogP contribution < -0.4 is 5.32 Å². The maximum atomic E-state index is 5.92. The van der Waals surface area contributed by atoms with Crippen molar-refractivity contribution >= 4 is 0 Å². The van der Waals surface area contributed by atoms with E-state index in [4.69, 9.17) is 4.74 Å². The van der Waals surface area contributed by atoms with Gasteiger partial charge in [-0.05, 0) is 45.6 Å². The van der Waals surface area contributed by atoms with Crippen LogP contribution in [-0.4, -0.2) is 48.8 Å². The molecule has 1 saturated carbocycles. The third-order valence-corrected chi connectivity index (χ3v) is 6.13. The van der Waals surface area contributed by atoms with E-state index >= 15 is 0 Å². The second kappa shape index (κ2) is 5.34. The van der Waals surface area contributed by atoms with Crippen molar-refractivity contribution < 1.29 is 4.74 Å². The number of nitrogens with zero attached hydrogens (tertiary/aromatic N) is 1. The van der Waals surface area contributed by atoms with Crippen LogP contribution in [0.1, 0.15) is 52.9 Å². The van der Waals surface area contributed by atoms with Gasteiger partial charge in [0.15, 0.2) is 0 Å². The van der Waals surface area contributed by atoms with E-state index in [1.54, 1.807) is 0 Å². The highest BCUT2D eigenvalue weighted by Gasteiger charge is 2.52. The van der Waals surface area contributed by atoms with E-state index < -0.39 is 0 Å². The van der Waals surface area contributed by atoms with E-state index in [1.807, 2.05) is 0 Å². The average Bonchev–Trinajstić information content (AvgIpc) is 3.00. The van der Waals surface area contributed by atoms with Crippen molar-refractivity contribution in [1.29, 1.82) is 0 Å². The number of rotatable bonds is 5. The summed E-state index contributed by atoms with van der Waals surface area (Å²) < 4.78 is 5.92. The lowest BCUT2D eigenvalue weighted by Crippen LogP contribution is -2.64. The minimum absolute atomic E-state index is 0.349. The molecule has 0 radical (unpaired) electrons. The van der Waals surface area contributed by atoms with Crippen LogP contribution in [0.2, 0.25) is 0 Å². The average molecular weight is 266 g/mol. The lowest BCUT2D eigenvalue weighted by atomic mass is 9.61. The van der Waals surface area contributed by atoms with Crippen LogP contribution in [0, 0.1) is 5.41 Å². The molecule has 3 rings (SSSR count). The Morgan fingerprint density at radius 1 is 1.26 bits per heavy atom. The fourth-order valence-electron chi connectivity index (χ4n) is 4.54. The Kier molecular flexibility index (Phi) is 3.89. The summed E-state index contributed by atoms with van der Waals surface area (Å²) in [4.78, 5) is 2.69. The molecule has 0 aromatic carbocycles. The fraction of sp³-hybridized carbons (Fsp3) is 1.00. The molecule has 0 aromatic rings. The maximum absolute atomic E-state index is 5.92. The minimum atomic E-state index is 0.349. The Labute approximate surface area is 118 Å². The van der Waals surface area contributed by atoms with Gasteiger partial charge in [0.05, 0.1) is 6.10 Å². The van der Waals surface area contributed by atoms with Crippen molar-refractivity contribution in [2.24, 2.45) is 5.41 Å². The largest absolute Gasteiger partial charge is 0.378 e. The van der Waals surface area contributed by atoms with Gasteiger partial charge in [0, 0.05) is 36.7 Å². The Balaban J connectivity index is 1.58. The third kappa shape index (κ3) is 2.24. The first kappa shape index (κ1) is 13.8. The molecule has 5 atom stereocenters. The van der Waals surface area contributed by atoms with E-state index in [-0.39, 0.29) is 0 Å². The molecule has 3 heteroatoms. The van der Waals surface area contributed by atoms with Gasteiger partial charge < -0.3 is 10.1 Å². The number of hydrogen-bond donors (Lipinski definition) is 1. The summed E-state index contributed by atoms with van der Waals surface area (Å²) in [5.74, 6) is 0. The van der Waals surface area contributed by atoms with Crippen molar-refractivity contribution in [2.75, 3.05) is 19.7 Å². The Hall–Kier alpha value is -0.120. The van der Waals surface area contributed by atoms with E-state index in [2.05, 4.69) is 31.0 Å². The molecule has 2 aliphatic heterocycles. The molecule has 1 aliphatic carbocycles. The van der Waals surface area contributed by atoms with Gasteiger partial charge in [0.25, 0.3) is 0 Å². The molecule has 5 unspecified atom stereocenters. The van der Waals surface area contributed by atoms with Crippen LogP contribution in [0.25, 0.3) is 0 Å². The van der Waals surface area contributed by atoms with Gasteiger partial charge in [-0.25, -0.2) is 0 Å². The number of hydrogen-bond acceptors (Lipinski definition) is 3. The van der Waals surface area contributed by atoms with E-state index in [0.29, 0.717) is 17.6 Å². The van der Waals surface area contributed by atoms with Crippen LogP contribution in [-0.2, 0) is 4.74 Å². The number of fused-ring (bicyclic) bond motifs is 1. The molecule has 2 heterocycles. The first-order valence-electron chi connectivity index (χ1n) is 8.30. The number of nitrogens with one attached hydrogen (secondary N) is 1. The molecular weight excluding hydrogens is 236 g/mol. The molecule has 3 fully saturated rings. The quantitative estimate of drug-likeness (QED) is 0.827. The van der Waals surface area contributed by atoms with Gasteiger partial charge in [0.2, 0.25) is 0 Å². The van der Waals surface area contributed by atoms with Crippen LogP contribution in [0.3, 0.4) is 0 Å². The Morgan fingerprint density at radius 2 is 2.11 bits per heavy atom. The molecule has 19 heavy (non-hydrogen) atoms. The standard InChI is InChI=1S/C16H30N2O/c1-4-16(3)14(11-15(16)19-5-2)17-12-8-10-18-9-6-7-13(12)18/h12-15,17H,4-11H2,1-3H3. The first-order chi connectivity index (χ1) is 9.19. The predicted octanol–water partition coefficient (Wildman–Crippen LogP) is 2.41. The van der Waals surface area contributed by atoms with Gasteiger partial charge in [-0.2, -0.15) is 0 Å². The monoisotopic (exact) mass is 266 g/mol. The zero-order valence-corrected chi connectivity index (χ0v) is 12.8. The SMILES string of the molecule is CCOC1CC(NC2CCN3CCCC23)C1(C)CC. The summed E-state index contributed by atoms with van der Waals surface area (Å²) in [6.07, 6.45) is 7.06. The van der Waals surface area contributed by atoms with E-state index in [9.17, 15) is 0 Å². The second-order valence-electron chi connectivity index (χ2n) is 6.90. The number of ether oxygens (including phenoxy) is 1. The molecular formula is C16H30N2O. The highest BCUT2D eigenvalue weighted by molar-refractivity contribution is 5.08. The summed E-state index contributed by atoms with van der Waals surface area (Å²) in [6, 6.07) is 2.23. The van der Waals surface area contributed by atoms with Crippen molar-refractivity contribution in [3.8, 4) is 0 Å². The molecule has 3 nitrogen and oxygen atoms in total. The summed E-state index contributed by atoms with van der Waals surface area (Å²) in [7, 11) is 0. The molecule has 0 amide bonds.